The van der Waals surface area contributed by atoms with Crippen LogP contribution in [0.25, 0.3) is 11.3 Å². The Labute approximate surface area is 173 Å². The largest absolute Gasteiger partial charge is 0.338 e. The summed E-state index contributed by atoms with van der Waals surface area (Å²) < 4.78 is 15.6. The molecule has 0 aliphatic carbocycles. The van der Waals surface area contributed by atoms with Gasteiger partial charge in [0.05, 0.1) is 22.3 Å². The van der Waals surface area contributed by atoms with Gasteiger partial charge in [-0.1, -0.05) is 6.07 Å². The average Bonchev–Trinajstić information content (AvgIpc) is 3.42. The van der Waals surface area contributed by atoms with Gasteiger partial charge >= 0.3 is 0 Å². The monoisotopic (exact) mass is 410 g/mol. The molecule has 2 aromatic heterocycles. The van der Waals surface area contributed by atoms with E-state index in [1.54, 1.807) is 0 Å². The Balaban J connectivity index is 1.44. The summed E-state index contributed by atoms with van der Waals surface area (Å²) in [7, 11) is 2.16. The van der Waals surface area contributed by atoms with Crippen molar-refractivity contribution in [2.24, 2.45) is 0 Å². The third-order valence-corrected chi connectivity index (χ3v) is 7.27. The van der Waals surface area contributed by atoms with E-state index >= 15 is 0 Å². The Morgan fingerprint density at radius 3 is 2.55 bits per heavy atom. The van der Waals surface area contributed by atoms with E-state index in [4.69, 9.17) is 4.98 Å². The van der Waals surface area contributed by atoms with Crippen LogP contribution >= 0.6 is 11.3 Å². The number of likely N-dealkylation sites (N-methyl/N-ethyl adjacent to an activating group) is 1. The fourth-order valence-electron chi connectivity index (χ4n) is 4.70. The molecule has 150 valence electrons. The molecule has 7 heteroatoms. The molecule has 29 heavy (non-hydrogen) atoms. The molecule has 3 aromatic rings. The fraction of sp³-hybridized carbons (Fsp3) is 0.364. The summed E-state index contributed by atoms with van der Waals surface area (Å²) in [6.45, 7) is 3.23. The van der Waals surface area contributed by atoms with Crippen LogP contribution in [-0.4, -0.2) is 51.9 Å². The topological polar surface area (TPSA) is 41.4 Å². The molecule has 1 amide bonds. The highest BCUT2D eigenvalue weighted by atomic mass is 32.1. The molecular formula is C22H23FN4OS. The molecule has 1 fully saturated rings. The lowest BCUT2D eigenvalue weighted by molar-refractivity contribution is 0.0103. The van der Waals surface area contributed by atoms with Crippen molar-refractivity contribution in [3.05, 3.63) is 64.5 Å². The van der Waals surface area contributed by atoms with E-state index < -0.39 is 0 Å². The fourth-order valence-corrected chi connectivity index (χ4v) is 5.39. The molecule has 0 bridgehead atoms. The van der Waals surface area contributed by atoms with Crippen molar-refractivity contribution in [3.63, 3.8) is 0 Å². The summed E-state index contributed by atoms with van der Waals surface area (Å²) in [5, 5.41) is 1.95. The predicted octanol–water partition coefficient (Wildman–Crippen LogP) is 3.83. The number of hydrogen-bond donors (Lipinski definition) is 0. The van der Waals surface area contributed by atoms with Gasteiger partial charge in [-0.05, 0) is 61.2 Å². The number of benzene rings is 1. The average molecular weight is 411 g/mol. The Bertz CT molecular complexity index is 1020. The Morgan fingerprint density at radius 1 is 1.10 bits per heavy atom. The molecule has 0 N–H and O–H groups in total. The Hall–Kier alpha value is -2.51. The van der Waals surface area contributed by atoms with Gasteiger partial charge in [-0.2, -0.15) is 0 Å². The van der Waals surface area contributed by atoms with Gasteiger partial charge in [0.25, 0.3) is 5.91 Å². The van der Waals surface area contributed by atoms with Crippen LogP contribution in [0.3, 0.4) is 0 Å². The number of carbonyl (C=O) groups is 1. The number of thiophene rings is 1. The van der Waals surface area contributed by atoms with Gasteiger partial charge in [0, 0.05) is 26.2 Å². The molecule has 5 nitrogen and oxygen atoms in total. The second-order valence-electron chi connectivity index (χ2n) is 7.85. The predicted molar refractivity (Wildman–Crippen MR) is 111 cm³/mol. The molecule has 1 saturated heterocycles. The zero-order valence-corrected chi connectivity index (χ0v) is 17.2. The number of carbonyl (C=O) groups excluding carboxylic acids is 1. The first-order valence-corrected chi connectivity index (χ1v) is 10.8. The smallest absolute Gasteiger partial charge is 0.263 e. The van der Waals surface area contributed by atoms with Crippen molar-refractivity contribution in [3.8, 4) is 11.3 Å². The maximum absolute atomic E-state index is 13.3. The number of aromatic nitrogens is 2. The van der Waals surface area contributed by atoms with E-state index in [0.29, 0.717) is 0 Å². The lowest BCUT2D eigenvalue weighted by Gasteiger charge is -2.49. The minimum absolute atomic E-state index is 0.128. The number of nitrogens with zero attached hydrogens (tertiary/aromatic N) is 4. The second-order valence-corrected chi connectivity index (χ2v) is 8.80. The van der Waals surface area contributed by atoms with Crippen LogP contribution < -0.4 is 0 Å². The third-order valence-electron chi connectivity index (χ3n) is 6.41. The molecule has 0 saturated carbocycles. The second kappa shape index (κ2) is 7.07. The minimum atomic E-state index is -0.230. The van der Waals surface area contributed by atoms with E-state index in [-0.39, 0.29) is 17.3 Å². The summed E-state index contributed by atoms with van der Waals surface area (Å²) in [4.78, 5) is 22.7. The van der Waals surface area contributed by atoms with Crippen molar-refractivity contribution < 1.29 is 9.18 Å². The zero-order valence-electron chi connectivity index (χ0n) is 16.3. The lowest BCUT2D eigenvalue weighted by Crippen LogP contribution is -2.57. The van der Waals surface area contributed by atoms with E-state index in [2.05, 4.69) is 16.5 Å². The highest BCUT2D eigenvalue weighted by Gasteiger charge is 2.46. The first kappa shape index (κ1) is 18.5. The van der Waals surface area contributed by atoms with Gasteiger partial charge in [-0.15, -0.1) is 11.3 Å². The molecule has 0 unspecified atom stereocenters. The summed E-state index contributed by atoms with van der Waals surface area (Å²) in [6, 6.07) is 10.4. The first-order chi connectivity index (χ1) is 14.1. The lowest BCUT2D eigenvalue weighted by atomic mass is 9.83. The van der Waals surface area contributed by atoms with Gasteiger partial charge in [0.15, 0.2) is 0 Å². The summed E-state index contributed by atoms with van der Waals surface area (Å²) in [5.74, 6) is 0.962. The van der Waals surface area contributed by atoms with Crippen molar-refractivity contribution in [2.75, 3.05) is 26.7 Å². The van der Waals surface area contributed by atoms with Crippen molar-refractivity contribution in [2.45, 2.75) is 24.9 Å². The van der Waals surface area contributed by atoms with E-state index in [1.807, 2.05) is 40.7 Å². The molecule has 2 aliphatic rings. The van der Waals surface area contributed by atoms with Crippen LogP contribution in [0.4, 0.5) is 4.39 Å². The molecule has 1 aromatic carbocycles. The number of imidazole rings is 1. The van der Waals surface area contributed by atoms with Crippen molar-refractivity contribution in [1.82, 2.24) is 19.4 Å². The standard InChI is InChI=1S/C22H23FN4OS/c1-25-12-13-27-18(16-4-6-17(23)7-5-16)15-24-21(27)22(25)8-10-26(11-9-22)20(28)19-3-2-14-29-19/h2-7,14-15H,8-13H2,1H3. The van der Waals surface area contributed by atoms with Crippen LogP contribution in [0.1, 0.15) is 28.3 Å². The Morgan fingerprint density at radius 2 is 1.86 bits per heavy atom. The van der Waals surface area contributed by atoms with Crippen molar-refractivity contribution >= 4 is 17.2 Å². The summed E-state index contributed by atoms with van der Waals surface area (Å²) >= 11 is 1.50. The number of halogens is 1. The van der Waals surface area contributed by atoms with E-state index in [9.17, 15) is 9.18 Å². The normalized spacial score (nSPS) is 18.8. The van der Waals surface area contributed by atoms with Gasteiger partial charge in [-0.3, -0.25) is 9.69 Å². The maximum Gasteiger partial charge on any atom is 0.263 e. The van der Waals surface area contributed by atoms with Gasteiger partial charge in [0.1, 0.15) is 11.6 Å². The highest BCUT2D eigenvalue weighted by Crippen LogP contribution is 2.41. The SMILES string of the molecule is CN1CCn2c(-c3ccc(F)cc3)cnc2C12CCN(C(=O)c1cccs1)CC2. The van der Waals surface area contributed by atoms with E-state index in [1.165, 1.54) is 23.5 Å². The number of amides is 1. The minimum Gasteiger partial charge on any atom is -0.338 e. The Kier molecular flexibility index (Phi) is 4.52. The van der Waals surface area contributed by atoms with Crippen LogP contribution in [-0.2, 0) is 12.1 Å². The van der Waals surface area contributed by atoms with Crippen LogP contribution in [0.5, 0.6) is 0 Å². The summed E-state index contributed by atoms with van der Waals surface area (Å²) in [5.41, 5.74) is 1.85. The zero-order chi connectivity index (χ0) is 20.0. The van der Waals surface area contributed by atoms with Crippen LogP contribution in [0.15, 0.2) is 48.0 Å². The quantitative estimate of drug-likeness (QED) is 0.645. The third kappa shape index (κ3) is 3.00. The summed E-state index contributed by atoms with van der Waals surface area (Å²) in [6.07, 6.45) is 3.63. The van der Waals surface area contributed by atoms with Gasteiger partial charge < -0.3 is 9.47 Å². The molecule has 0 radical (unpaired) electrons. The maximum atomic E-state index is 13.3. The van der Waals surface area contributed by atoms with Crippen molar-refractivity contribution in [1.29, 1.82) is 0 Å². The van der Waals surface area contributed by atoms with Crippen LogP contribution in [0, 0.1) is 5.82 Å². The number of hydrogen-bond acceptors (Lipinski definition) is 4. The van der Waals surface area contributed by atoms with E-state index in [0.717, 1.165) is 61.0 Å². The highest BCUT2D eigenvalue weighted by molar-refractivity contribution is 7.12. The molecule has 4 heterocycles. The molecule has 2 aliphatic heterocycles. The van der Waals surface area contributed by atoms with Gasteiger partial charge in [0.2, 0.25) is 0 Å². The van der Waals surface area contributed by atoms with Crippen LogP contribution in [0.2, 0.25) is 0 Å². The molecule has 1 spiro atoms. The molecular weight excluding hydrogens is 387 g/mol. The number of likely N-dealkylation sites (tertiary alicyclic amines) is 1. The number of piperidine rings is 1. The number of fused-ring (bicyclic) bond motifs is 2. The van der Waals surface area contributed by atoms with Gasteiger partial charge in [-0.25, -0.2) is 9.37 Å². The first-order valence-electron chi connectivity index (χ1n) is 9.94. The molecule has 0 atom stereocenters. The number of rotatable bonds is 2. The molecule has 5 rings (SSSR count).